The molecular formula is C19H25N5O6S. The summed E-state index contributed by atoms with van der Waals surface area (Å²) >= 11 is 0.937. The van der Waals surface area contributed by atoms with Gasteiger partial charge in [-0.15, -0.1) is 11.3 Å². The van der Waals surface area contributed by atoms with Gasteiger partial charge in [0.2, 0.25) is 5.69 Å². The maximum atomic E-state index is 12.9. The number of nitro groups is 1. The molecule has 0 aliphatic heterocycles. The highest BCUT2D eigenvalue weighted by atomic mass is 32.1. The third-order valence-electron chi connectivity index (χ3n) is 4.63. The van der Waals surface area contributed by atoms with Crippen molar-refractivity contribution in [3.63, 3.8) is 0 Å². The van der Waals surface area contributed by atoms with Gasteiger partial charge in [0.15, 0.2) is 0 Å². The zero-order chi connectivity index (χ0) is 23.3. The number of rotatable bonds is 9. The fourth-order valence-corrected chi connectivity index (χ4v) is 4.21. The Morgan fingerprint density at radius 3 is 2.42 bits per heavy atom. The summed E-state index contributed by atoms with van der Waals surface area (Å²) in [5, 5.41) is 17.8. The van der Waals surface area contributed by atoms with Crippen LogP contribution in [0.1, 0.15) is 63.8 Å². The third kappa shape index (κ3) is 4.74. The Balaban J connectivity index is 2.55. The molecule has 31 heavy (non-hydrogen) atoms. The lowest BCUT2D eigenvalue weighted by Gasteiger charge is -2.18. The molecule has 0 aromatic carbocycles. The van der Waals surface area contributed by atoms with E-state index in [2.05, 4.69) is 10.4 Å². The van der Waals surface area contributed by atoms with E-state index in [-0.39, 0.29) is 35.3 Å². The molecule has 0 spiro atoms. The zero-order valence-electron chi connectivity index (χ0n) is 18.1. The van der Waals surface area contributed by atoms with E-state index in [9.17, 15) is 24.5 Å². The molecule has 0 fully saturated rings. The number of thiophene rings is 1. The molecule has 0 radical (unpaired) electrons. The topological polar surface area (TPSA) is 137 Å². The molecule has 11 nitrogen and oxygen atoms in total. The van der Waals surface area contributed by atoms with Gasteiger partial charge in [0.05, 0.1) is 22.0 Å². The second-order valence-corrected chi connectivity index (χ2v) is 7.38. The van der Waals surface area contributed by atoms with Crippen molar-refractivity contribution in [2.75, 3.05) is 25.0 Å². The first kappa shape index (κ1) is 24.0. The second-order valence-electron chi connectivity index (χ2n) is 6.36. The van der Waals surface area contributed by atoms with Crippen LogP contribution in [-0.4, -0.2) is 57.1 Å². The minimum atomic E-state index is -0.806. The first-order valence-electron chi connectivity index (χ1n) is 9.82. The van der Waals surface area contributed by atoms with Crippen molar-refractivity contribution in [1.82, 2.24) is 14.7 Å². The Kier molecular flexibility index (Phi) is 7.86. The van der Waals surface area contributed by atoms with Crippen LogP contribution in [0, 0.1) is 17.0 Å². The van der Waals surface area contributed by atoms with Gasteiger partial charge in [-0.3, -0.25) is 24.4 Å². The number of aromatic nitrogens is 2. The van der Waals surface area contributed by atoms with Crippen LogP contribution in [0.2, 0.25) is 0 Å². The number of nitrogens with one attached hydrogen (secondary N) is 1. The minimum Gasteiger partial charge on any atom is -0.462 e. The number of ether oxygens (including phenoxy) is 1. The van der Waals surface area contributed by atoms with Crippen molar-refractivity contribution in [1.29, 1.82) is 0 Å². The predicted molar refractivity (Wildman–Crippen MR) is 115 cm³/mol. The largest absolute Gasteiger partial charge is 0.462 e. The number of hydrogen-bond acceptors (Lipinski definition) is 8. The summed E-state index contributed by atoms with van der Waals surface area (Å²) in [7, 11) is 0. The highest BCUT2D eigenvalue weighted by molar-refractivity contribution is 7.18. The SMILES string of the molecule is CCOC(=O)c1c(NC(=O)c2c([N+](=O)[O-])cnn2CC)sc(C(=O)N(CC)CC)c1C. The molecule has 2 rings (SSSR count). The Morgan fingerprint density at radius 1 is 1.26 bits per heavy atom. The van der Waals surface area contributed by atoms with E-state index in [0.717, 1.165) is 17.5 Å². The molecule has 0 unspecified atom stereocenters. The van der Waals surface area contributed by atoms with Gasteiger partial charge < -0.3 is 15.0 Å². The molecule has 0 saturated carbocycles. The van der Waals surface area contributed by atoms with Gasteiger partial charge in [-0.1, -0.05) is 0 Å². The van der Waals surface area contributed by atoms with Crippen molar-refractivity contribution in [2.45, 2.75) is 41.2 Å². The lowest BCUT2D eigenvalue weighted by atomic mass is 10.1. The maximum Gasteiger partial charge on any atom is 0.341 e. The van der Waals surface area contributed by atoms with Crippen LogP contribution in [0.25, 0.3) is 0 Å². The molecule has 2 aromatic heterocycles. The molecule has 1 N–H and O–H groups in total. The van der Waals surface area contributed by atoms with Crippen LogP contribution in [0.4, 0.5) is 10.7 Å². The van der Waals surface area contributed by atoms with E-state index in [1.165, 1.54) is 4.68 Å². The van der Waals surface area contributed by atoms with E-state index in [1.54, 1.807) is 25.7 Å². The van der Waals surface area contributed by atoms with Crippen LogP contribution in [0.3, 0.4) is 0 Å². The Hall–Kier alpha value is -3.28. The summed E-state index contributed by atoms with van der Waals surface area (Å²) in [5.74, 6) is -1.77. The molecule has 0 bridgehead atoms. The average Bonchev–Trinajstić information content (AvgIpc) is 3.30. The summed E-state index contributed by atoms with van der Waals surface area (Å²) in [6, 6.07) is 0. The fourth-order valence-electron chi connectivity index (χ4n) is 3.05. The predicted octanol–water partition coefficient (Wildman–Crippen LogP) is 3.09. The molecule has 0 atom stereocenters. The highest BCUT2D eigenvalue weighted by Gasteiger charge is 2.31. The van der Waals surface area contributed by atoms with Gasteiger partial charge in [0.1, 0.15) is 11.2 Å². The van der Waals surface area contributed by atoms with Gasteiger partial charge in [0, 0.05) is 19.6 Å². The monoisotopic (exact) mass is 451 g/mol. The van der Waals surface area contributed by atoms with E-state index < -0.39 is 22.5 Å². The maximum absolute atomic E-state index is 12.9. The van der Waals surface area contributed by atoms with E-state index >= 15 is 0 Å². The van der Waals surface area contributed by atoms with Gasteiger partial charge in [-0.2, -0.15) is 5.10 Å². The summed E-state index contributed by atoms with van der Waals surface area (Å²) in [6.45, 7) is 9.90. The smallest absolute Gasteiger partial charge is 0.341 e. The van der Waals surface area contributed by atoms with Gasteiger partial charge in [0.25, 0.3) is 11.8 Å². The summed E-state index contributed by atoms with van der Waals surface area (Å²) < 4.78 is 6.29. The van der Waals surface area contributed by atoms with Crippen molar-refractivity contribution in [3.05, 3.63) is 38.0 Å². The summed E-state index contributed by atoms with van der Waals surface area (Å²) in [6.07, 6.45) is 1.000. The number of carbonyl (C=O) groups excluding carboxylic acids is 3. The highest BCUT2D eigenvalue weighted by Crippen LogP contribution is 2.35. The van der Waals surface area contributed by atoms with Gasteiger partial charge >= 0.3 is 11.7 Å². The zero-order valence-corrected chi connectivity index (χ0v) is 18.9. The standard InChI is InChI=1S/C19H25N5O6S/c1-6-22(7-2)18(26)15-11(5)13(19(27)30-9-4)17(31-15)21-16(25)14-12(24(28)29)10-20-23(14)8-3/h10H,6-9H2,1-5H3,(H,21,25). The molecule has 2 amide bonds. The minimum absolute atomic E-state index is 0.0564. The molecule has 0 saturated heterocycles. The van der Waals surface area contributed by atoms with E-state index in [0.29, 0.717) is 23.5 Å². The van der Waals surface area contributed by atoms with Crippen molar-refractivity contribution in [3.8, 4) is 0 Å². The molecule has 2 heterocycles. The molecule has 0 aliphatic rings. The van der Waals surface area contributed by atoms with Crippen molar-refractivity contribution >= 4 is 39.8 Å². The quantitative estimate of drug-likeness (QED) is 0.351. The van der Waals surface area contributed by atoms with Crippen LogP contribution < -0.4 is 5.32 Å². The van der Waals surface area contributed by atoms with Gasteiger partial charge in [-0.25, -0.2) is 4.79 Å². The van der Waals surface area contributed by atoms with E-state index in [4.69, 9.17) is 4.74 Å². The number of aryl methyl sites for hydroxylation is 1. The van der Waals surface area contributed by atoms with Crippen LogP contribution in [0.5, 0.6) is 0 Å². The summed E-state index contributed by atoms with van der Waals surface area (Å²) in [5.41, 5.74) is -0.259. The Labute approximate surface area is 183 Å². The number of carbonyl (C=O) groups is 3. The third-order valence-corrected chi connectivity index (χ3v) is 5.82. The van der Waals surface area contributed by atoms with Crippen molar-refractivity contribution < 1.29 is 24.0 Å². The Bertz CT molecular complexity index is 1010. The van der Waals surface area contributed by atoms with Crippen LogP contribution in [0.15, 0.2) is 6.20 Å². The number of hydrogen-bond donors (Lipinski definition) is 1. The summed E-state index contributed by atoms with van der Waals surface area (Å²) in [4.78, 5) is 50.9. The molecule has 0 aliphatic carbocycles. The number of amides is 2. The second kappa shape index (κ2) is 10.2. The van der Waals surface area contributed by atoms with Crippen LogP contribution in [-0.2, 0) is 11.3 Å². The normalized spacial score (nSPS) is 10.6. The number of nitrogens with zero attached hydrogens (tertiary/aromatic N) is 4. The first-order valence-corrected chi connectivity index (χ1v) is 10.6. The number of anilines is 1. The molecule has 2 aromatic rings. The molecule has 12 heteroatoms. The molecular weight excluding hydrogens is 426 g/mol. The lowest BCUT2D eigenvalue weighted by molar-refractivity contribution is -0.385. The van der Waals surface area contributed by atoms with E-state index in [1.807, 2.05) is 13.8 Å². The number of esters is 1. The van der Waals surface area contributed by atoms with Crippen molar-refractivity contribution in [2.24, 2.45) is 0 Å². The first-order chi connectivity index (χ1) is 14.7. The van der Waals surface area contributed by atoms with Gasteiger partial charge in [-0.05, 0) is 40.2 Å². The Morgan fingerprint density at radius 2 is 1.90 bits per heavy atom. The van der Waals surface area contributed by atoms with Crippen LogP contribution >= 0.6 is 11.3 Å². The average molecular weight is 452 g/mol. The lowest BCUT2D eigenvalue weighted by Crippen LogP contribution is -2.30. The fraction of sp³-hybridized carbons (Fsp3) is 0.474. The molecule has 168 valence electrons.